The summed E-state index contributed by atoms with van der Waals surface area (Å²) < 4.78 is 6.96. The molecule has 0 aliphatic carbocycles. The van der Waals surface area contributed by atoms with Crippen molar-refractivity contribution in [2.75, 3.05) is 25.5 Å². The van der Waals surface area contributed by atoms with Crippen molar-refractivity contribution >= 4 is 17.6 Å². The van der Waals surface area contributed by atoms with Gasteiger partial charge in [0.15, 0.2) is 0 Å². The maximum atomic E-state index is 12.9. The molecule has 0 spiro atoms. The van der Waals surface area contributed by atoms with E-state index in [4.69, 9.17) is 9.84 Å². The van der Waals surface area contributed by atoms with Gasteiger partial charge in [0.1, 0.15) is 11.6 Å². The zero-order valence-electron chi connectivity index (χ0n) is 19.7. The Kier molecular flexibility index (Phi) is 8.65. The summed E-state index contributed by atoms with van der Waals surface area (Å²) in [6.07, 6.45) is 3.07. The van der Waals surface area contributed by atoms with E-state index in [-0.39, 0.29) is 23.8 Å². The zero-order valence-corrected chi connectivity index (χ0v) is 19.7. The minimum atomic E-state index is -0.228. The highest BCUT2D eigenvalue weighted by molar-refractivity contribution is 5.94. The highest BCUT2D eigenvalue weighted by Crippen LogP contribution is 2.27. The first-order chi connectivity index (χ1) is 14.7. The summed E-state index contributed by atoms with van der Waals surface area (Å²) in [6, 6.07) is 9.39. The van der Waals surface area contributed by atoms with Gasteiger partial charge in [0.05, 0.1) is 25.0 Å². The van der Waals surface area contributed by atoms with Gasteiger partial charge in [-0.15, -0.1) is 0 Å². The summed E-state index contributed by atoms with van der Waals surface area (Å²) in [7, 11) is 1.62. The quantitative estimate of drug-likeness (QED) is 0.602. The van der Waals surface area contributed by atoms with E-state index < -0.39 is 0 Å². The van der Waals surface area contributed by atoms with Crippen LogP contribution in [0.25, 0.3) is 5.69 Å². The van der Waals surface area contributed by atoms with E-state index in [0.29, 0.717) is 18.8 Å². The van der Waals surface area contributed by atoms with Gasteiger partial charge in [0, 0.05) is 24.4 Å². The lowest BCUT2D eigenvalue weighted by molar-refractivity contribution is -0.134. The molecule has 1 N–H and O–H groups in total. The van der Waals surface area contributed by atoms with Gasteiger partial charge in [0.25, 0.3) is 0 Å². The number of hydrogen-bond acceptors (Lipinski definition) is 4. The predicted molar refractivity (Wildman–Crippen MR) is 124 cm³/mol. The number of nitrogens with zero attached hydrogens (tertiary/aromatic N) is 3. The Balaban J connectivity index is 2.26. The SMILES string of the molecule is CCCCC(=O)N(CCC)CC(=O)Nc1cc(C(C)(C)C)nn1-c1ccc(OC)cc1. The van der Waals surface area contributed by atoms with Crippen LogP contribution in [-0.4, -0.2) is 46.7 Å². The Morgan fingerprint density at radius 3 is 2.35 bits per heavy atom. The van der Waals surface area contributed by atoms with Crippen LogP contribution in [0.4, 0.5) is 5.82 Å². The molecule has 0 saturated carbocycles. The number of nitrogens with one attached hydrogen (secondary N) is 1. The van der Waals surface area contributed by atoms with Crippen LogP contribution in [0.5, 0.6) is 5.75 Å². The van der Waals surface area contributed by atoms with E-state index in [2.05, 4.69) is 33.0 Å². The lowest BCUT2D eigenvalue weighted by atomic mass is 9.92. The number of carbonyl (C=O) groups is 2. The minimum absolute atomic E-state index is 0.0258. The molecule has 31 heavy (non-hydrogen) atoms. The third kappa shape index (κ3) is 6.84. The van der Waals surface area contributed by atoms with Crippen LogP contribution in [0.1, 0.15) is 66.0 Å². The molecule has 0 aliphatic heterocycles. The first-order valence-corrected chi connectivity index (χ1v) is 11.0. The van der Waals surface area contributed by atoms with Gasteiger partial charge in [0.2, 0.25) is 11.8 Å². The Morgan fingerprint density at radius 2 is 1.81 bits per heavy atom. The number of aromatic nitrogens is 2. The molecular formula is C24H36N4O3. The van der Waals surface area contributed by atoms with Crippen LogP contribution in [0.2, 0.25) is 0 Å². The molecule has 0 bridgehead atoms. The van der Waals surface area contributed by atoms with Gasteiger partial charge in [-0.25, -0.2) is 4.68 Å². The van der Waals surface area contributed by atoms with Crippen molar-refractivity contribution in [3.8, 4) is 11.4 Å². The largest absolute Gasteiger partial charge is 0.497 e. The minimum Gasteiger partial charge on any atom is -0.497 e. The van der Waals surface area contributed by atoms with Crippen LogP contribution >= 0.6 is 0 Å². The molecule has 7 heteroatoms. The van der Waals surface area contributed by atoms with Gasteiger partial charge in [-0.05, 0) is 37.1 Å². The van der Waals surface area contributed by atoms with Crippen molar-refractivity contribution in [1.29, 1.82) is 0 Å². The zero-order chi connectivity index (χ0) is 23.0. The van der Waals surface area contributed by atoms with Crippen molar-refractivity contribution in [2.45, 2.75) is 65.7 Å². The van der Waals surface area contributed by atoms with Gasteiger partial charge < -0.3 is 15.0 Å². The smallest absolute Gasteiger partial charge is 0.245 e. The number of methoxy groups -OCH3 is 1. The van der Waals surface area contributed by atoms with E-state index in [1.165, 1.54) is 0 Å². The Morgan fingerprint density at radius 1 is 1.13 bits per heavy atom. The second-order valence-electron chi connectivity index (χ2n) is 8.74. The fraction of sp³-hybridized carbons (Fsp3) is 0.542. The Bertz CT molecular complexity index is 866. The molecule has 0 saturated heterocycles. The average Bonchev–Trinajstić information content (AvgIpc) is 3.15. The van der Waals surface area contributed by atoms with Crippen LogP contribution in [-0.2, 0) is 15.0 Å². The Hall–Kier alpha value is -2.83. The summed E-state index contributed by atoms with van der Waals surface area (Å²) in [5.41, 5.74) is 1.50. The fourth-order valence-electron chi connectivity index (χ4n) is 3.16. The normalized spacial score (nSPS) is 11.3. The fourth-order valence-corrected chi connectivity index (χ4v) is 3.16. The van der Waals surface area contributed by atoms with Crippen LogP contribution < -0.4 is 10.1 Å². The summed E-state index contributed by atoms with van der Waals surface area (Å²) in [5.74, 6) is 1.13. The van der Waals surface area contributed by atoms with E-state index >= 15 is 0 Å². The number of ether oxygens (including phenoxy) is 1. The molecule has 7 nitrogen and oxygen atoms in total. The molecule has 2 rings (SSSR count). The molecule has 2 amide bonds. The van der Waals surface area contributed by atoms with E-state index in [1.54, 1.807) is 16.7 Å². The number of amides is 2. The number of rotatable bonds is 10. The molecule has 1 heterocycles. The van der Waals surface area contributed by atoms with Crippen LogP contribution in [0, 0.1) is 0 Å². The van der Waals surface area contributed by atoms with Crippen molar-refractivity contribution in [3.63, 3.8) is 0 Å². The lowest BCUT2D eigenvalue weighted by Crippen LogP contribution is -2.38. The second kappa shape index (κ2) is 11.0. The molecule has 170 valence electrons. The van der Waals surface area contributed by atoms with Crippen molar-refractivity contribution in [3.05, 3.63) is 36.0 Å². The van der Waals surface area contributed by atoms with Gasteiger partial charge in [-0.1, -0.05) is 41.0 Å². The summed E-state index contributed by atoms with van der Waals surface area (Å²) in [6.45, 7) is 10.9. The summed E-state index contributed by atoms with van der Waals surface area (Å²) in [4.78, 5) is 27.0. The third-order valence-corrected chi connectivity index (χ3v) is 4.99. The molecule has 1 aromatic heterocycles. The molecule has 0 radical (unpaired) electrons. The van der Waals surface area contributed by atoms with E-state index in [9.17, 15) is 9.59 Å². The number of anilines is 1. The first kappa shape index (κ1) is 24.4. The third-order valence-electron chi connectivity index (χ3n) is 4.99. The highest BCUT2D eigenvalue weighted by Gasteiger charge is 2.23. The predicted octanol–water partition coefficient (Wildman–Crippen LogP) is 4.55. The molecule has 1 aromatic carbocycles. The van der Waals surface area contributed by atoms with Gasteiger partial charge >= 0.3 is 0 Å². The molecule has 0 atom stereocenters. The molecule has 0 fully saturated rings. The topological polar surface area (TPSA) is 76.5 Å². The second-order valence-corrected chi connectivity index (χ2v) is 8.74. The standard InChI is InChI=1S/C24H36N4O3/c1-7-9-10-23(30)27(15-8-2)17-22(29)25-21-16-20(24(3,4)5)26-28(21)18-11-13-19(31-6)14-12-18/h11-14,16H,7-10,15,17H2,1-6H3,(H,25,29). The van der Waals surface area contributed by atoms with E-state index in [1.807, 2.05) is 37.3 Å². The molecule has 2 aromatic rings. The van der Waals surface area contributed by atoms with Crippen LogP contribution in [0.15, 0.2) is 30.3 Å². The van der Waals surface area contributed by atoms with E-state index in [0.717, 1.165) is 36.4 Å². The van der Waals surface area contributed by atoms with Crippen LogP contribution in [0.3, 0.4) is 0 Å². The molecule has 0 unspecified atom stereocenters. The maximum absolute atomic E-state index is 12.9. The summed E-state index contributed by atoms with van der Waals surface area (Å²) >= 11 is 0. The van der Waals surface area contributed by atoms with Gasteiger partial charge in [-0.3, -0.25) is 9.59 Å². The Labute approximate surface area is 185 Å². The average molecular weight is 429 g/mol. The number of hydrogen-bond donors (Lipinski definition) is 1. The van der Waals surface area contributed by atoms with Crippen molar-refractivity contribution in [1.82, 2.24) is 14.7 Å². The van der Waals surface area contributed by atoms with Gasteiger partial charge in [-0.2, -0.15) is 5.10 Å². The number of unbranched alkanes of at least 4 members (excludes halogenated alkanes) is 1. The number of benzene rings is 1. The first-order valence-electron chi connectivity index (χ1n) is 11.0. The molecule has 0 aliphatic rings. The highest BCUT2D eigenvalue weighted by atomic mass is 16.5. The van der Waals surface area contributed by atoms with Crippen molar-refractivity contribution in [2.24, 2.45) is 0 Å². The maximum Gasteiger partial charge on any atom is 0.245 e. The summed E-state index contributed by atoms with van der Waals surface area (Å²) in [5, 5.41) is 7.70. The van der Waals surface area contributed by atoms with Crippen molar-refractivity contribution < 1.29 is 14.3 Å². The lowest BCUT2D eigenvalue weighted by Gasteiger charge is -2.21. The number of carbonyl (C=O) groups excluding carboxylic acids is 2. The molecular weight excluding hydrogens is 392 g/mol. The monoisotopic (exact) mass is 428 g/mol.